The van der Waals surface area contributed by atoms with Gasteiger partial charge in [0, 0.05) is 19.1 Å². The summed E-state index contributed by atoms with van der Waals surface area (Å²) in [7, 11) is 0. The van der Waals surface area contributed by atoms with Crippen LogP contribution in [0.15, 0.2) is 24.3 Å². The third kappa shape index (κ3) is 2.63. The molecule has 0 bridgehead atoms. The van der Waals surface area contributed by atoms with Gasteiger partial charge in [0.25, 0.3) is 11.8 Å². The fourth-order valence-corrected chi connectivity index (χ4v) is 3.20. The number of piperidine rings is 1. The number of rotatable bonds is 2. The standard InChI is InChI=1S/C17H21N3O3/c1-17(2)10-19(8-7-13(17)18)14(21)9-20-15(22)11-5-3-4-6-12(11)16(20)23/h3-6,13H,7-10,18H2,1-2H3. The number of carbonyl (C=O) groups is 3. The zero-order valence-electron chi connectivity index (χ0n) is 13.4. The predicted molar refractivity (Wildman–Crippen MR) is 84.8 cm³/mol. The van der Waals surface area contributed by atoms with Gasteiger partial charge in [0.1, 0.15) is 6.54 Å². The van der Waals surface area contributed by atoms with E-state index in [1.54, 1.807) is 29.2 Å². The second kappa shape index (κ2) is 5.45. The fraction of sp³-hybridized carbons (Fsp3) is 0.471. The molecule has 3 rings (SSSR count). The van der Waals surface area contributed by atoms with Crippen LogP contribution >= 0.6 is 0 Å². The van der Waals surface area contributed by atoms with Gasteiger partial charge < -0.3 is 10.6 Å². The van der Waals surface area contributed by atoms with E-state index in [1.165, 1.54) is 0 Å². The highest BCUT2D eigenvalue weighted by atomic mass is 16.2. The van der Waals surface area contributed by atoms with Gasteiger partial charge in [0.05, 0.1) is 11.1 Å². The van der Waals surface area contributed by atoms with Gasteiger partial charge in [-0.2, -0.15) is 0 Å². The lowest BCUT2D eigenvalue weighted by Gasteiger charge is -2.42. The van der Waals surface area contributed by atoms with Crippen molar-refractivity contribution < 1.29 is 14.4 Å². The molecule has 2 aliphatic heterocycles. The Hall–Kier alpha value is -2.21. The summed E-state index contributed by atoms with van der Waals surface area (Å²) >= 11 is 0. The molecule has 1 aromatic carbocycles. The van der Waals surface area contributed by atoms with Gasteiger partial charge >= 0.3 is 0 Å². The molecular weight excluding hydrogens is 294 g/mol. The quantitative estimate of drug-likeness (QED) is 0.821. The molecule has 3 amide bonds. The van der Waals surface area contributed by atoms with Crippen molar-refractivity contribution >= 4 is 17.7 Å². The molecule has 0 aromatic heterocycles. The largest absolute Gasteiger partial charge is 0.340 e. The highest BCUT2D eigenvalue weighted by molar-refractivity contribution is 6.22. The van der Waals surface area contributed by atoms with Crippen LogP contribution in [0.2, 0.25) is 0 Å². The number of amides is 3. The maximum absolute atomic E-state index is 12.5. The maximum atomic E-state index is 12.5. The maximum Gasteiger partial charge on any atom is 0.262 e. The first kappa shape index (κ1) is 15.7. The molecular formula is C17H21N3O3. The minimum absolute atomic E-state index is 0.0471. The summed E-state index contributed by atoms with van der Waals surface area (Å²) in [6.07, 6.45) is 0.723. The van der Waals surface area contributed by atoms with Crippen LogP contribution in [0, 0.1) is 5.41 Å². The minimum Gasteiger partial charge on any atom is -0.340 e. The van der Waals surface area contributed by atoms with Crippen LogP contribution in [0.3, 0.4) is 0 Å². The molecule has 6 heteroatoms. The van der Waals surface area contributed by atoms with E-state index in [4.69, 9.17) is 5.73 Å². The molecule has 2 aliphatic rings. The first-order valence-electron chi connectivity index (χ1n) is 7.80. The number of fused-ring (bicyclic) bond motifs is 1. The first-order chi connectivity index (χ1) is 10.8. The Morgan fingerprint density at radius 2 is 1.78 bits per heavy atom. The van der Waals surface area contributed by atoms with Crippen molar-refractivity contribution in [2.75, 3.05) is 19.6 Å². The monoisotopic (exact) mass is 315 g/mol. The number of imide groups is 1. The summed E-state index contributed by atoms with van der Waals surface area (Å²) in [5, 5.41) is 0. The molecule has 0 spiro atoms. The van der Waals surface area contributed by atoms with Crippen molar-refractivity contribution in [1.82, 2.24) is 9.80 Å². The van der Waals surface area contributed by atoms with Crippen molar-refractivity contribution in [3.63, 3.8) is 0 Å². The van der Waals surface area contributed by atoms with Gasteiger partial charge in [-0.15, -0.1) is 0 Å². The molecule has 6 nitrogen and oxygen atoms in total. The third-order valence-electron chi connectivity index (χ3n) is 4.84. The molecule has 1 fully saturated rings. The van der Waals surface area contributed by atoms with Crippen molar-refractivity contribution in [3.8, 4) is 0 Å². The van der Waals surface area contributed by atoms with E-state index in [9.17, 15) is 14.4 Å². The van der Waals surface area contributed by atoms with Gasteiger partial charge in [0.2, 0.25) is 5.91 Å². The van der Waals surface area contributed by atoms with E-state index < -0.39 is 11.8 Å². The van der Waals surface area contributed by atoms with Crippen LogP contribution < -0.4 is 5.73 Å². The second-order valence-electron chi connectivity index (χ2n) is 6.94. The van der Waals surface area contributed by atoms with E-state index in [-0.39, 0.29) is 23.9 Å². The molecule has 2 heterocycles. The third-order valence-corrected chi connectivity index (χ3v) is 4.84. The molecule has 122 valence electrons. The summed E-state index contributed by atoms with van der Waals surface area (Å²) in [6, 6.07) is 6.70. The van der Waals surface area contributed by atoms with Gasteiger partial charge in [-0.05, 0) is 24.0 Å². The van der Waals surface area contributed by atoms with Gasteiger partial charge in [-0.3, -0.25) is 19.3 Å². The van der Waals surface area contributed by atoms with Crippen LogP contribution in [0.1, 0.15) is 41.0 Å². The molecule has 1 atom stereocenters. The number of nitrogens with two attached hydrogens (primary N) is 1. The van der Waals surface area contributed by atoms with Gasteiger partial charge in [0.15, 0.2) is 0 Å². The number of likely N-dealkylation sites (tertiary alicyclic amines) is 1. The van der Waals surface area contributed by atoms with Crippen LogP contribution in [0.25, 0.3) is 0 Å². The zero-order chi connectivity index (χ0) is 16.8. The smallest absolute Gasteiger partial charge is 0.262 e. The van der Waals surface area contributed by atoms with Crippen molar-refractivity contribution in [1.29, 1.82) is 0 Å². The lowest BCUT2D eigenvalue weighted by atomic mass is 9.79. The topological polar surface area (TPSA) is 83.7 Å². The SMILES string of the molecule is CC1(C)CN(C(=O)CN2C(=O)c3ccccc3C2=O)CCC1N. The van der Waals surface area contributed by atoms with Gasteiger partial charge in [-0.25, -0.2) is 0 Å². The molecule has 0 radical (unpaired) electrons. The summed E-state index contributed by atoms with van der Waals surface area (Å²) in [5.74, 6) is -1.00. The number of carbonyl (C=O) groups excluding carboxylic acids is 3. The summed E-state index contributed by atoms with van der Waals surface area (Å²) in [6.45, 7) is 4.94. The van der Waals surface area contributed by atoms with Crippen LogP contribution in [0.4, 0.5) is 0 Å². The Bertz CT molecular complexity index is 648. The number of hydrogen-bond acceptors (Lipinski definition) is 4. The Morgan fingerprint density at radius 1 is 1.22 bits per heavy atom. The zero-order valence-corrected chi connectivity index (χ0v) is 13.4. The fourth-order valence-electron chi connectivity index (χ4n) is 3.20. The van der Waals surface area contributed by atoms with E-state index in [1.807, 2.05) is 13.8 Å². The Balaban J connectivity index is 1.72. The number of benzene rings is 1. The van der Waals surface area contributed by atoms with Crippen LogP contribution in [0.5, 0.6) is 0 Å². The van der Waals surface area contributed by atoms with Crippen molar-refractivity contribution in [2.24, 2.45) is 11.1 Å². The minimum atomic E-state index is -0.396. The molecule has 1 unspecified atom stereocenters. The molecule has 0 saturated carbocycles. The molecule has 23 heavy (non-hydrogen) atoms. The van der Waals surface area contributed by atoms with Crippen LogP contribution in [-0.4, -0.2) is 53.2 Å². The van der Waals surface area contributed by atoms with E-state index in [0.29, 0.717) is 24.2 Å². The highest BCUT2D eigenvalue weighted by Gasteiger charge is 2.39. The lowest BCUT2D eigenvalue weighted by molar-refractivity contribution is -0.134. The summed E-state index contributed by atoms with van der Waals surface area (Å²) in [5.41, 5.74) is 6.65. The van der Waals surface area contributed by atoms with Crippen LogP contribution in [-0.2, 0) is 4.79 Å². The van der Waals surface area contributed by atoms with Crippen molar-refractivity contribution in [2.45, 2.75) is 26.3 Å². The summed E-state index contributed by atoms with van der Waals surface area (Å²) < 4.78 is 0. The van der Waals surface area contributed by atoms with E-state index >= 15 is 0 Å². The van der Waals surface area contributed by atoms with Gasteiger partial charge in [-0.1, -0.05) is 26.0 Å². The normalized spacial score (nSPS) is 23.2. The first-order valence-corrected chi connectivity index (χ1v) is 7.80. The Morgan fingerprint density at radius 3 is 2.30 bits per heavy atom. The number of nitrogens with zero attached hydrogens (tertiary/aromatic N) is 2. The lowest BCUT2D eigenvalue weighted by Crippen LogP contribution is -2.55. The molecule has 1 aromatic rings. The molecule has 2 N–H and O–H groups in total. The molecule has 1 saturated heterocycles. The molecule has 0 aliphatic carbocycles. The predicted octanol–water partition coefficient (Wildman–Crippen LogP) is 0.868. The average Bonchev–Trinajstić information content (AvgIpc) is 2.75. The summed E-state index contributed by atoms with van der Waals surface area (Å²) in [4.78, 5) is 39.9. The van der Waals surface area contributed by atoms with Crippen molar-refractivity contribution in [3.05, 3.63) is 35.4 Å². The number of hydrogen-bond donors (Lipinski definition) is 1. The Kier molecular flexibility index (Phi) is 3.72. The average molecular weight is 315 g/mol. The Labute approximate surface area is 135 Å². The van der Waals surface area contributed by atoms with E-state index in [0.717, 1.165) is 11.3 Å². The highest BCUT2D eigenvalue weighted by Crippen LogP contribution is 2.28. The second-order valence-corrected chi connectivity index (χ2v) is 6.94. The van der Waals surface area contributed by atoms with E-state index in [2.05, 4.69) is 0 Å².